The number of nitrogens with two attached hydrogens (primary N) is 1. The Morgan fingerprint density at radius 2 is 2.33 bits per heavy atom. The van der Waals surface area contributed by atoms with Crippen LogP contribution < -0.4 is 11.1 Å². The number of hydrogen-bond donors (Lipinski definition) is 2. The third kappa shape index (κ3) is 2.79. The van der Waals surface area contributed by atoms with E-state index >= 15 is 0 Å². The van der Waals surface area contributed by atoms with Gasteiger partial charge in [-0.3, -0.25) is 4.79 Å². The molecule has 0 radical (unpaired) electrons. The topological polar surface area (TPSA) is 64.3 Å². The average Bonchev–Trinajstić information content (AvgIpc) is 2.87. The first-order valence-corrected chi connectivity index (χ1v) is 7.77. The molecule has 3 atom stereocenters. The molecule has 0 spiro atoms. The first-order valence-electron chi connectivity index (χ1n) is 6.95. The van der Waals surface area contributed by atoms with Crippen LogP contribution in [0.2, 0.25) is 0 Å². The summed E-state index contributed by atoms with van der Waals surface area (Å²) in [6, 6.07) is 6.06. The lowest BCUT2D eigenvalue weighted by Gasteiger charge is -2.42. The quantitative estimate of drug-likeness (QED) is 0.911. The van der Waals surface area contributed by atoms with Crippen LogP contribution in [0, 0.1) is 5.82 Å². The summed E-state index contributed by atoms with van der Waals surface area (Å²) in [7, 11) is 0. The van der Waals surface area contributed by atoms with Crippen LogP contribution in [0.4, 0.5) is 4.39 Å². The summed E-state index contributed by atoms with van der Waals surface area (Å²) in [5, 5.41) is 3.79. The van der Waals surface area contributed by atoms with Crippen molar-refractivity contribution in [3.05, 3.63) is 35.0 Å². The van der Waals surface area contributed by atoms with Gasteiger partial charge >= 0.3 is 0 Å². The van der Waals surface area contributed by atoms with Crippen molar-refractivity contribution in [1.82, 2.24) is 5.32 Å². The van der Waals surface area contributed by atoms with Gasteiger partial charge in [-0.1, -0.05) is 6.07 Å². The number of carbonyl (C=O) groups excluding carboxylic acids is 1. The Labute approximate surface area is 126 Å². The average molecular weight is 308 g/mol. The predicted octanol–water partition coefficient (Wildman–Crippen LogP) is 2.27. The number of fused-ring (bicyclic) bond motifs is 1. The lowest BCUT2D eigenvalue weighted by Crippen LogP contribution is -2.64. The highest BCUT2D eigenvalue weighted by atomic mass is 32.1. The largest absolute Gasteiger partial charge is 0.376 e. The Morgan fingerprint density at radius 1 is 1.52 bits per heavy atom. The van der Waals surface area contributed by atoms with Gasteiger partial charge in [-0.05, 0) is 36.9 Å². The van der Waals surface area contributed by atoms with E-state index in [0.717, 1.165) is 16.5 Å². The van der Waals surface area contributed by atoms with Gasteiger partial charge in [0.2, 0.25) is 0 Å². The zero-order valence-electron chi connectivity index (χ0n) is 11.6. The second-order valence-corrected chi connectivity index (χ2v) is 6.27. The number of halogens is 1. The van der Waals surface area contributed by atoms with Crippen molar-refractivity contribution in [3.8, 4) is 0 Å². The molecular weight excluding hydrogens is 291 g/mol. The standard InChI is InChI=1S/C15H17FN2O2S/c1-2-20-11-7-10(17)14(11)18-15(19)13-5-8-3-4-9(16)6-12(8)21-13/h3-6,10-11,14H,2,7,17H2,1H3,(H,18,19). The Bertz CT molecular complexity index is 671. The molecule has 1 amide bonds. The molecule has 21 heavy (non-hydrogen) atoms. The predicted molar refractivity (Wildman–Crippen MR) is 81.0 cm³/mol. The molecule has 1 aromatic heterocycles. The number of rotatable bonds is 4. The van der Waals surface area contributed by atoms with Crippen LogP contribution in [-0.4, -0.2) is 30.7 Å². The van der Waals surface area contributed by atoms with E-state index in [1.54, 1.807) is 12.1 Å². The molecule has 1 aliphatic rings. The van der Waals surface area contributed by atoms with Crippen LogP contribution in [0.3, 0.4) is 0 Å². The molecule has 1 aromatic carbocycles. The fourth-order valence-corrected chi connectivity index (χ4v) is 3.56. The maximum absolute atomic E-state index is 13.2. The Balaban J connectivity index is 1.74. The minimum Gasteiger partial charge on any atom is -0.376 e. The van der Waals surface area contributed by atoms with Gasteiger partial charge in [0, 0.05) is 17.3 Å². The number of benzene rings is 1. The molecule has 3 rings (SSSR count). The van der Waals surface area contributed by atoms with Crippen molar-refractivity contribution in [3.63, 3.8) is 0 Å². The van der Waals surface area contributed by atoms with E-state index in [1.807, 2.05) is 6.92 Å². The number of thiophene rings is 1. The molecular formula is C15H17FN2O2S. The van der Waals surface area contributed by atoms with Crippen LogP contribution in [0.1, 0.15) is 23.0 Å². The van der Waals surface area contributed by atoms with Gasteiger partial charge in [0.1, 0.15) is 5.82 Å². The van der Waals surface area contributed by atoms with Gasteiger partial charge in [-0.15, -0.1) is 11.3 Å². The van der Waals surface area contributed by atoms with E-state index in [0.29, 0.717) is 11.5 Å². The number of amides is 1. The van der Waals surface area contributed by atoms with Gasteiger partial charge in [0.15, 0.2) is 0 Å². The molecule has 6 heteroatoms. The van der Waals surface area contributed by atoms with Crippen LogP contribution in [0.25, 0.3) is 10.1 Å². The summed E-state index contributed by atoms with van der Waals surface area (Å²) in [6.07, 6.45) is 0.747. The van der Waals surface area contributed by atoms with Crippen LogP contribution in [0.5, 0.6) is 0 Å². The minimum absolute atomic E-state index is 0.0132. The SMILES string of the molecule is CCOC1CC(N)C1NC(=O)c1cc2ccc(F)cc2s1. The van der Waals surface area contributed by atoms with E-state index in [2.05, 4.69) is 5.32 Å². The Hall–Kier alpha value is -1.50. The smallest absolute Gasteiger partial charge is 0.261 e. The van der Waals surface area contributed by atoms with Gasteiger partial charge in [0.05, 0.1) is 17.0 Å². The fraction of sp³-hybridized carbons (Fsp3) is 0.400. The maximum Gasteiger partial charge on any atom is 0.261 e. The third-order valence-corrected chi connectivity index (χ3v) is 4.85. The summed E-state index contributed by atoms with van der Waals surface area (Å²) in [4.78, 5) is 12.9. The highest BCUT2D eigenvalue weighted by Crippen LogP contribution is 2.28. The van der Waals surface area contributed by atoms with Gasteiger partial charge < -0.3 is 15.8 Å². The molecule has 1 fully saturated rings. The van der Waals surface area contributed by atoms with Crippen molar-refractivity contribution in [2.45, 2.75) is 31.5 Å². The van der Waals surface area contributed by atoms with Crippen molar-refractivity contribution in [2.75, 3.05) is 6.61 Å². The molecule has 3 N–H and O–H groups in total. The zero-order chi connectivity index (χ0) is 15.0. The monoisotopic (exact) mass is 308 g/mol. The summed E-state index contributed by atoms with van der Waals surface area (Å²) < 4.78 is 19.5. The van der Waals surface area contributed by atoms with E-state index in [9.17, 15) is 9.18 Å². The number of ether oxygens (including phenoxy) is 1. The Kier molecular flexibility index (Phi) is 3.93. The molecule has 1 heterocycles. The second-order valence-electron chi connectivity index (χ2n) is 5.19. The summed E-state index contributed by atoms with van der Waals surface area (Å²) in [5.74, 6) is -0.477. The summed E-state index contributed by atoms with van der Waals surface area (Å²) >= 11 is 1.28. The highest BCUT2D eigenvalue weighted by molar-refractivity contribution is 7.20. The van der Waals surface area contributed by atoms with Gasteiger partial charge in [-0.25, -0.2) is 4.39 Å². The maximum atomic E-state index is 13.2. The number of carbonyl (C=O) groups is 1. The van der Waals surface area contributed by atoms with Crippen molar-refractivity contribution < 1.29 is 13.9 Å². The summed E-state index contributed by atoms with van der Waals surface area (Å²) in [6.45, 7) is 2.52. The summed E-state index contributed by atoms with van der Waals surface area (Å²) in [5.41, 5.74) is 5.92. The number of nitrogens with one attached hydrogen (secondary N) is 1. The molecule has 1 saturated carbocycles. The first-order chi connectivity index (χ1) is 10.1. The van der Waals surface area contributed by atoms with E-state index in [-0.39, 0.29) is 29.9 Å². The fourth-order valence-electron chi connectivity index (χ4n) is 2.57. The second kappa shape index (κ2) is 5.71. The van der Waals surface area contributed by atoms with Crippen molar-refractivity contribution in [1.29, 1.82) is 0 Å². The highest BCUT2D eigenvalue weighted by Gasteiger charge is 2.40. The minimum atomic E-state index is -0.297. The Morgan fingerprint density at radius 3 is 3.05 bits per heavy atom. The van der Waals surface area contributed by atoms with E-state index in [4.69, 9.17) is 10.5 Å². The zero-order valence-corrected chi connectivity index (χ0v) is 12.5. The molecule has 1 aliphatic carbocycles. The normalized spacial score (nSPS) is 24.8. The molecule has 4 nitrogen and oxygen atoms in total. The molecule has 0 saturated heterocycles. The first kappa shape index (κ1) is 14.4. The van der Waals surface area contributed by atoms with Crippen LogP contribution in [-0.2, 0) is 4.74 Å². The van der Waals surface area contributed by atoms with E-state index < -0.39 is 0 Å². The molecule has 2 aromatic rings. The van der Waals surface area contributed by atoms with Crippen LogP contribution in [0.15, 0.2) is 24.3 Å². The van der Waals surface area contributed by atoms with E-state index in [1.165, 1.54) is 23.5 Å². The third-order valence-electron chi connectivity index (χ3n) is 3.75. The molecule has 0 bridgehead atoms. The molecule has 3 unspecified atom stereocenters. The molecule has 0 aliphatic heterocycles. The van der Waals surface area contributed by atoms with Crippen molar-refractivity contribution >= 4 is 27.3 Å². The number of hydrogen-bond acceptors (Lipinski definition) is 4. The molecule has 112 valence electrons. The lowest BCUT2D eigenvalue weighted by molar-refractivity contribution is -0.0299. The van der Waals surface area contributed by atoms with Gasteiger partial charge in [0.25, 0.3) is 5.91 Å². The van der Waals surface area contributed by atoms with Gasteiger partial charge in [-0.2, -0.15) is 0 Å². The van der Waals surface area contributed by atoms with Crippen LogP contribution >= 0.6 is 11.3 Å². The lowest BCUT2D eigenvalue weighted by atomic mass is 9.83. The van der Waals surface area contributed by atoms with Crippen molar-refractivity contribution in [2.24, 2.45) is 5.73 Å².